The first-order valence-corrected chi connectivity index (χ1v) is 7.56. The molecule has 26 heavy (non-hydrogen) atoms. The van der Waals surface area contributed by atoms with Crippen LogP contribution in [0.3, 0.4) is 0 Å². The molecule has 3 aromatic heterocycles. The Morgan fingerprint density at radius 3 is 2.54 bits per heavy atom. The summed E-state index contributed by atoms with van der Waals surface area (Å²) >= 11 is 5.81. The average Bonchev–Trinajstić information content (AvgIpc) is 2.96. The minimum Gasteiger partial charge on any atom is -0.430 e. The van der Waals surface area contributed by atoms with Gasteiger partial charge >= 0.3 is 11.7 Å². The molecule has 6 nitrogen and oxygen atoms in total. The van der Waals surface area contributed by atoms with Gasteiger partial charge in [0.2, 0.25) is 11.3 Å². The Bertz CT molecular complexity index is 1210. The van der Waals surface area contributed by atoms with Crippen molar-refractivity contribution < 1.29 is 17.6 Å². The summed E-state index contributed by atoms with van der Waals surface area (Å²) in [5.74, 6) is 5.39. The number of hydrogen-bond donors (Lipinski definition) is 1. The van der Waals surface area contributed by atoms with E-state index in [4.69, 9.17) is 21.9 Å². The molecule has 0 saturated heterocycles. The van der Waals surface area contributed by atoms with Gasteiger partial charge in [0.25, 0.3) is 0 Å². The zero-order valence-corrected chi connectivity index (χ0v) is 13.5. The number of rotatable bonds is 1. The number of hydrogen-bond acceptors (Lipinski definition) is 5. The van der Waals surface area contributed by atoms with Gasteiger partial charge in [0.15, 0.2) is 0 Å². The van der Waals surface area contributed by atoms with Crippen LogP contribution in [0, 0.1) is 0 Å². The molecule has 2 N–H and O–H groups in total. The van der Waals surface area contributed by atoms with E-state index in [2.05, 4.69) is 9.97 Å². The predicted molar refractivity (Wildman–Crippen MR) is 89.2 cm³/mol. The van der Waals surface area contributed by atoms with Gasteiger partial charge in [-0.15, -0.1) is 0 Å². The van der Waals surface area contributed by atoms with Crippen LogP contribution >= 0.6 is 11.6 Å². The molecule has 3 heterocycles. The first kappa shape index (κ1) is 16.4. The third-order valence-corrected chi connectivity index (χ3v) is 4.07. The summed E-state index contributed by atoms with van der Waals surface area (Å²) in [6.45, 7) is 0. The van der Waals surface area contributed by atoms with Crippen LogP contribution in [0.1, 0.15) is 5.56 Å². The van der Waals surface area contributed by atoms with E-state index in [1.807, 2.05) is 0 Å². The molecular formula is C16H8ClF3N4O2. The third-order valence-electron chi connectivity index (χ3n) is 3.82. The Morgan fingerprint density at radius 2 is 1.88 bits per heavy atom. The van der Waals surface area contributed by atoms with E-state index in [0.29, 0.717) is 15.3 Å². The summed E-state index contributed by atoms with van der Waals surface area (Å²) in [4.78, 5) is 20.0. The molecule has 4 aromatic rings. The number of furan rings is 1. The number of nitrogen functional groups attached to an aromatic ring is 1. The van der Waals surface area contributed by atoms with Crippen molar-refractivity contribution in [3.8, 4) is 11.3 Å². The number of alkyl halides is 3. The van der Waals surface area contributed by atoms with Crippen molar-refractivity contribution in [1.82, 2.24) is 14.6 Å². The van der Waals surface area contributed by atoms with Crippen LogP contribution in [0.5, 0.6) is 0 Å². The predicted octanol–water partition coefficient (Wildman–Crippen LogP) is 3.59. The van der Waals surface area contributed by atoms with Crippen molar-refractivity contribution in [2.45, 2.75) is 6.18 Å². The first-order chi connectivity index (χ1) is 12.3. The number of nitrogens with zero attached hydrogens (tertiary/aromatic N) is 3. The van der Waals surface area contributed by atoms with Crippen molar-refractivity contribution in [3.05, 3.63) is 57.6 Å². The second-order valence-corrected chi connectivity index (χ2v) is 5.91. The summed E-state index contributed by atoms with van der Waals surface area (Å²) in [7, 11) is 0. The molecule has 0 aliphatic heterocycles. The number of fused-ring (bicyclic) bond motifs is 3. The second-order valence-electron chi connectivity index (χ2n) is 5.48. The van der Waals surface area contributed by atoms with E-state index in [0.717, 1.165) is 12.4 Å². The SMILES string of the molecule is Nn1cnc2c(oc3nc(-c4ccc(Cl)cc4)cc(C(F)(F)F)c32)c1=O. The number of aromatic nitrogens is 3. The second kappa shape index (κ2) is 5.46. The van der Waals surface area contributed by atoms with E-state index in [9.17, 15) is 18.0 Å². The fourth-order valence-electron chi connectivity index (χ4n) is 2.63. The molecule has 0 fully saturated rings. The Hall–Kier alpha value is -3.07. The highest BCUT2D eigenvalue weighted by Crippen LogP contribution is 2.39. The molecule has 0 atom stereocenters. The Labute approximate surface area is 147 Å². The van der Waals surface area contributed by atoms with Crippen molar-refractivity contribution in [2.75, 3.05) is 5.84 Å². The lowest BCUT2D eigenvalue weighted by atomic mass is 10.1. The minimum absolute atomic E-state index is 0.0219. The molecule has 1 aromatic carbocycles. The van der Waals surface area contributed by atoms with Crippen LogP contribution in [-0.4, -0.2) is 14.6 Å². The van der Waals surface area contributed by atoms with E-state index < -0.39 is 22.9 Å². The molecule has 132 valence electrons. The van der Waals surface area contributed by atoms with Gasteiger partial charge in [0, 0.05) is 10.6 Å². The average molecular weight is 381 g/mol. The molecule has 0 unspecified atom stereocenters. The van der Waals surface area contributed by atoms with Gasteiger partial charge in [-0.3, -0.25) is 4.79 Å². The van der Waals surface area contributed by atoms with E-state index in [1.54, 1.807) is 0 Å². The molecule has 0 aliphatic rings. The molecule has 0 bridgehead atoms. The van der Waals surface area contributed by atoms with Crippen molar-refractivity contribution in [1.29, 1.82) is 0 Å². The molecule has 4 rings (SSSR count). The maximum absolute atomic E-state index is 13.6. The lowest BCUT2D eigenvalue weighted by Gasteiger charge is -2.10. The lowest BCUT2D eigenvalue weighted by molar-refractivity contribution is -0.136. The van der Waals surface area contributed by atoms with E-state index >= 15 is 0 Å². The molecule has 0 amide bonds. The maximum atomic E-state index is 13.6. The molecule has 0 saturated carbocycles. The normalized spacial score (nSPS) is 12.2. The molecular weight excluding hydrogens is 373 g/mol. The molecule has 0 aliphatic carbocycles. The summed E-state index contributed by atoms with van der Waals surface area (Å²) in [5, 5.41) is 0.0465. The molecule has 0 spiro atoms. The van der Waals surface area contributed by atoms with Crippen LogP contribution < -0.4 is 11.4 Å². The quantitative estimate of drug-likeness (QED) is 0.510. The highest BCUT2D eigenvalue weighted by molar-refractivity contribution is 6.30. The van der Waals surface area contributed by atoms with Crippen LogP contribution in [-0.2, 0) is 6.18 Å². The van der Waals surface area contributed by atoms with E-state index in [-0.39, 0.29) is 22.3 Å². The van der Waals surface area contributed by atoms with Gasteiger partial charge in [0.05, 0.1) is 16.6 Å². The number of nitrogens with two attached hydrogens (primary N) is 1. The van der Waals surface area contributed by atoms with Gasteiger partial charge in [-0.2, -0.15) is 13.2 Å². The van der Waals surface area contributed by atoms with E-state index in [1.165, 1.54) is 24.3 Å². The molecule has 10 heteroatoms. The Morgan fingerprint density at radius 1 is 1.19 bits per heavy atom. The topological polar surface area (TPSA) is 86.9 Å². The largest absolute Gasteiger partial charge is 0.430 e. The lowest BCUT2D eigenvalue weighted by Crippen LogP contribution is -2.26. The first-order valence-electron chi connectivity index (χ1n) is 7.19. The van der Waals surface area contributed by atoms with Crippen LogP contribution in [0.15, 0.2) is 45.9 Å². The Kier molecular flexibility index (Phi) is 3.45. The van der Waals surface area contributed by atoms with Gasteiger partial charge < -0.3 is 10.3 Å². The highest BCUT2D eigenvalue weighted by Gasteiger charge is 2.36. The summed E-state index contributed by atoms with van der Waals surface area (Å²) in [6.07, 6.45) is -3.79. The van der Waals surface area contributed by atoms with Crippen molar-refractivity contribution in [3.63, 3.8) is 0 Å². The van der Waals surface area contributed by atoms with Gasteiger partial charge in [-0.1, -0.05) is 23.7 Å². The number of benzene rings is 1. The summed E-state index contributed by atoms with van der Waals surface area (Å²) in [5.41, 5.74) is -2.37. The standard InChI is InChI=1S/C16H8ClF3N4O2/c17-8-3-1-7(2-4-8)10-5-9(16(18,19)20)11-12-13(26-14(11)23-10)15(25)24(21)6-22-12/h1-6H,21H2. The molecule has 0 radical (unpaired) electrons. The summed E-state index contributed by atoms with van der Waals surface area (Å²) in [6, 6.07) is 7.01. The number of halogens is 4. The zero-order chi connectivity index (χ0) is 18.6. The van der Waals surface area contributed by atoms with Crippen molar-refractivity contribution in [2.24, 2.45) is 0 Å². The number of pyridine rings is 1. The van der Waals surface area contributed by atoms with Crippen LogP contribution in [0.25, 0.3) is 33.5 Å². The third kappa shape index (κ3) is 2.48. The monoisotopic (exact) mass is 380 g/mol. The smallest absolute Gasteiger partial charge is 0.417 e. The fourth-order valence-corrected chi connectivity index (χ4v) is 2.76. The van der Waals surface area contributed by atoms with Crippen molar-refractivity contribution >= 4 is 33.8 Å². The van der Waals surface area contributed by atoms with Crippen LogP contribution in [0.2, 0.25) is 5.02 Å². The van der Waals surface area contributed by atoms with Gasteiger partial charge in [0.1, 0.15) is 11.8 Å². The zero-order valence-electron chi connectivity index (χ0n) is 12.7. The Balaban J connectivity index is 2.12. The maximum Gasteiger partial charge on any atom is 0.417 e. The van der Waals surface area contributed by atoms with Crippen LogP contribution in [0.4, 0.5) is 13.2 Å². The highest BCUT2D eigenvalue weighted by atomic mass is 35.5. The van der Waals surface area contributed by atoms with Gasteiger partial charge in [-0.25, -0.2) is 14.6 Å². The summed E-state index contributed by atoms with van der Waals surface area (Å²) < 4.78 is 46.8. The fraction of sp³-hybridized carbons (Fsp3) is 0.0625. The van der Waals surface area contributed by atoms with Gasteiger partial charge in [-0.05, 0) is 18.2 Å². The minimum atomic E-state index is -4.71.